The van der Waals surface area contributed by atoms with E-state index in [2.05, 4.69) is 20.8 Å². The van der Waals surface area contributed by atoms with E-state index in [0.717, 1.165) is 12.3 Å². The maximum Gasteiger partial charge on any atom is 0.640 e. The second kappa shape index (κ2) is 3.97. The Kier molecular flexibility index (Phi) is 2.86. The highest BCUT2D eigenvalue weighted by atomic mass is 16.8. The molecule has 3 aliphatic rings. The van der Waals surface area contributed by atoms with Gasteiger partial charge in [0.05, 0.1) is 11.7 Å². The lowest BCUT2D eigenvalue weighted by molar-refractivity contribution is -0.0914. The van der Waals surface area contributed by atoms with Gasteiger partial charge in [0.1, 0.15) is 0 Å². The number of hydrogen-bond acceptors (Lipinski definition) is 3. The summed E-state index contributed by atoms with van der Waals surface area (Å²) in [5.74, 6) is 1.37. The number of rotatable bonds is 2. The molecular weight excluding hydrogens is 227 g/mol. The van der Waals surface area contributed by atoms with Crippen LogP contribution in [0.25, 0.3) is 0 Å². The van der Waals surface area contributed by atoms with Gasteiger partial charge in [-0.1, -0.05) is 13.8 Å². The Morgan fingerprint density at radius 1 is 1.22 bits per heavy atom. The summed E-state index contributed by atoms with van der Waals surface area (Å²) in [6, 6.07) is 0. The summed E-state index contributed by atoms with van der Waals surface area (Å²) in [4.78, 5) is 0. The summed E-state index contributed by atoms with van der Waals surface area (Å²) >= 11 is 0. The topological polar surface area (TPSA) is 27.7 Å². The molecule has 102 valence electrons. The largest absolute Gasteiger partial charge is 0.640 e. The molecule has 3 unspecified atom stereocenters. The summed E-state index contributed by atoms with van der Waals surface area (Å²) in [5.41, 5.74) is 0.220. The first-order valence-corrected chi connectivity index (χ1v) is 7.33. The first-order chi connectivity index (χ1) is 8.34. The zero-order valence-corrected chi connectivity index (χ0v) is 12.2. The van der Waals surface area contributed by atoms with Crippen LogP contribution in [0.15, 0.2) is 0 Å². The monoisotopic (exact) mass is 252 g/mol. The molecule has 0 radical (unpaired) electrons. The van der Waals surface area contributed by atoms with Crippen molar-refractivity contribution in [2.45, 2.75) is 71.7 Å². The van der Waals surface area contributed by atoms with Gasteiger partial charge in [0.15, 0.2) is 0 Å². The van der Waals surface area contributed by atoms with E-state index in [0.29, 0.717) is 11.3 Å². The number of hydrogen-bond donors (Lipinski definition) is 0. The Morgan fingerprint density at radius 2 is 1.94 bits per heavy atom. The van der Waals surface area contributed by atoms with E-state index in [1.807, 2.05) is 13.8 Å². The van der Waals surface area contributed by atoms with Gasteiger partial charge < -0.3 is 14.0 Å². The molecule has 0 aromatic rings. The Labute approximate surface area is 111 Å². The van der Waals surface area contributed by atoms with Crippen LogP contribution in [0.2, 0.25) is 0 Å². The van der Waals surface area contributed by atoms with Crippen molar-refractivity contribution in [3.05, 3.63) is 0 Å². The lowest BCUT2D eigenvalue weighted by Gasteiger charge is -2.49. The molecule has 2 aliphatic carbocycles. The second-order valence-corrected chi connectivity index (χ2v) is 7.28. The van der Waals surface area contributed by atoms with Crippen molar-refractivity contribution in [3.8, 4) is 0 Å². The van der Waals surface area contributed by atoms with Gasteiger partial charge in [-0.25, -0.2) is 0 Å². The van der Waals surface area contributed by atoms with Crippen LogP contribution in [0.1, 0.15) is 53.9 Å². The molecule has 1 heterocycles. The van der Waals surface area contributed by atoms with E-state index in [-0.39, 0.29) is 17.8 Å². The molecule has 1 aliphatic heterocycles. The van der Waals surface area contributed by atoms with Crippen molar-refractivity contribution in [3.63, 3.8) is 0 Å². The van der Waals surface area contributed by atoms with E-state index in [1.54, 1.807) is 0 Å². The molecule has 0 N–H and O–H groups in total. The van der Waals surface area contributed by atoms with Crippen molar-refractivity contribution < 1.29 is 14.0 Å². The van der Waals surface area contributed by atoms with E-state index < -0.39 is 7.32 Å². The average molecular weight is 252 g/mol. The smallest absolute Gasteiger partial charge is 0.384 e. The van der Waals surface area contributed by atoms with Gasteiger partial charge in [-0.2, -0.15) is 0 Å². The van der Waals surface area contributed by atoms with Gasteiger partial charge in [-0.15, -0.1) is 0 Å². The lowest BCUT2D eigenvalue weighted by Crippen LogP contribution is -2.54. The van der Waals surface area contributed by atoms with Gasteiger partial charge >= 0.3 is 7.32 Å². The number of fused-ring (bicyclic) bond motifs is 4. The van der Waals surface area contributed by atoms with Crippen LogP contribution < -0.4 is 0 Å². The summed E-state index contributed by atoms with van der Waals surface area (Å²) in [5, 5.41) is 0. The normalized spacial score (nSPS) is 45.7. The van der Waals surface area contributed by atoms with Gasteiger partial charge in [0, 0.05) is 6.10 Å². The molecule has 4 atom stereocenters. The van der Waals surface area contributed by atoms with E-state index in [1.165, 1.54) is 12.8 Å². The Morgan fingerprint density at radius 3 is 2.61 bits per heavy atom. The Balaban J connectivity index is 1.82. The predicted octanol–water partition coefficient (Wildman–Crippen LogP) is 3.03. The Hall–Kier alpha value is -0.0551. The highest BCUT2D eigenvalue weighted by Gasteiger charge is 2.65. The fourth-order valence-corrected chi connectivity index (χ4v) is 4.56. The summed E-state index contributed by atoms with van der Waals surface area (Å²) in [6.45, 7) is 11.1. The molecule has 18 heavy (non-hydrogen) atoms. The predicted molar refractivity (Wildman–Crippen MR) is 71.0 cm³/mol. The van der Waals surface area contributed by atoms with Gasteiger partial charge in [-0.05, 0) is 57.3 Å². The van der Waals surface area contributed by atoms with Crippen LogP contribution in [0.4, 0.5) is 0 Å². The Bertz CT molecular complexity index is 344. The third-order valence-corrected chi connectivity index (χ3v) is 5.59. The van der Waals surface area contributed by atoms with Crippen molar-refractivity contribution >= 4 is 7.32 Å². The molecule has 3 rings (SSSR count). The molecule has 0 amide bonds. The molecule has 0 aromatic carbocycles. The van der Waals surface area contributed by atoms with E-state index in [9.17, 15) is 0 Å². The molecule has 0 spiro atoms. The van der Waals surface area contributed by atoms with Gasteiger partial charge in [-0.3, -0.25) is 0 Å². The molecule has 0 aromatic heterocycles. The molecule has 4 heteroatoms. The summed E-state index contributed by atoms with van der Waals surface area (Å²) in [6.07, 6.45) is 4.07. The van der Waals surface area contributed by atoms with Crippen LogP contribution in [0.5, 0.6) is 0 Å². The zero-order chi connectivity index (χ0) is 13.1. The van der Waals surface area contributed by atoms with Crippen molar-refractivity contribution in [1.82, 2.24) is 0 Å². The van der Waals surface area contributed by atoms with Crippen LogP contribution in [0.3, 0.4) is 0 Å². The third-order valence-electron chi connectivity index (χ3n) is 5.59. The van der Waals surface area contributed by atoms with Gasteiger partial charge in [0.2, 0.25) is 0 Å². The standard InChI is InChI=1S/C14H25BO3/c1-9(2)16-15-17-12-8-10-6-7-11(13(10,3)4)14(12,5)18-15/h9-12H,6-8H2,1-5H3/t10?,11?,12?,14-/m0/s1. The van der Waals surface area contributed by atoms with E-state index >= 15 is 0 Å². The minimum absolute atomic E-state index is 0.143. The molecule has 3 nitrogen and oxygen atoms in total. The average Bonchev–Trinajstić information content (AvgIpc) is 2.62. The fraction of sp³-hybridized carbons (Fsp3) is 1.00. The first-order valence-electron chi connectivity index (χ1n) is 7.33. The quantitative estimate of drug-likeness (QED) is 0.707. The first kappa shape index (κ1) is 13.0. The molecule has 1 saturated heterocycles. The SMILES string of the molecule is CC(C)OB1OC2CC3CCC(C3(C)C)[C@]2(C)O1. The van der Waals surface area contributed by atoms with Crippen LogP contribution >= 0.6 is 0 Å². The second-order valence-electron chi connectivity index (χ2n) is 7.28. The highest BCUT2D eigenvalue weighted by molar-refractivity contribution is 6.37. The van der Waals surface area contributed by atoms with Crippen LogP contribution in [0, 0.1) is 17.3 Å². The lowest BCUT2D eigenvalue weighted by atomic mass is 9.60. The van der Waals surface area contributed by atoms with E-state index in [4.69, 9.17) is 14.0 Å². The zero-order valence-electron chi connectivity index (χ0n) is 12.2. The van der Waals surface area contributed by atoms with Gasteiger partial charge in [0.25, 0.3) is 0 Å². The minimum Gasteiger partial charge on any atom is -0.384 e. The van der Waals surface area contributed by atoms with Crippen molar-refractivity contribution in [1.29, 1.82) is 0 Å². The third kappa shape index (κ3) is 1.69. The van der Waals surface area contributed by atoms with Crippen molar-refractivity contribution in [2.75, 3.05) is 0 Å². The highest BCUT2D eigenvalue weighted by Crippen LogP contribution is 2.61. The summed E-state index contributed by atoms with van der Waals surface area (Å²) < 4.78 is 17.9. The van der Waals surface area contributed by atoms with Crippen LogP contribution in [-0.4, -0.2) is 25.1 Å². The molecule has 3 fully saturated rings. The minimum atomic E-state index is -0.463. The maximum atomic E-state index is 6.19. The molecule has 2 saturated carbocycles. The van der Waals surface area contributed by atoms with Crippen LogP contribution in [-0.2, 0) is 14.0 Å². The van der Waals surface area contributed by atoms with Crippen molar-refractivity contribution in [2.24, 2.45) is 17.3 Å². The molecule has 2 bridgehead atoms. The maximum absolute atomic E-state index is 6.19. The summed E-state index contributed by atoms with van der Waals surface area (Å²) in [7, 11) is -0.463. The molecular formula is C14H25BO3. The fourth-order valence-electron chi connectivity index (χ4n) is 4.56.